The van der Waals surface area contributed by atoms with E-state index in [-0.39, 0.29) is 18.0 Å². The van der Waals surface area contributed by atoms with Crippen molar-refractivity contribution in [3.05, 3.63) is 29.8 Å². The van der Waals surface area contributed by atoms with Crippen LogP contribution in [0.25, 0.3) is 0 Å². The van der Waals surface area contributed by atoms with Gasteiger partial charge in [-0.1, -0.05) is 6.07 Å². The van der Waals surface area contributed by atoms with Gasteiger partial charge in [0.05, 0.1) is 0 Å². The molecule has 0 bridgehead atoms. The largest absolute Gasteiger partial charge is 0.406 e. The summed E-state index contributed by atoms with van der Waals surface area (Å²) in [5.41, 5.74) is 0.958. The molecule has 0 aliphatic rings. The van der Waals surface area contributed by atoms with E-state index >= 15 is 0 Å². The van der Waals surface area contributed by atoms with Gasteiger partial charge in [0.1, 0.15) is 6.54 Å². The summed E-state index contributed by atoms with van der Waals surface area (Å²) in [5.74, 6) is -0.721. The number of benzene rings is 1. The van der Waals surface area contributed by atoms with Crippen molar-refractivity contribution in [1.82, 2.24) is 4.90 Å². The fourth-order valence-electron chi connectivity index (χ4n) is 1.67. The molecule has 0 aromatic heterocycles. The third-order valence-electron chi connectivity index (χ3n) is 2.62. The minimum absolute atomic E-state index is 0.0464. The number of anilines is 1. The second-order valence-electron chi connectivity index (χ2n) is 4.48. The molecule has 0 unspecified atom stereocenters. The average molecular weight is 309 g/mol. The Labute approximate surface area is 120 Å². The molecular weight excluding hydrogens is 293 g/mol. The van der Waals surface area contributed by atoms with Gasteiger partial charge >= 0.3 is 6.18 Å². The highest BCUT2D eigenvalue weighted by atomic mass is 35.5. The summed E-state index contributed by atoms with van der Waals surface area (Å²) >= 11 is 5.47. The Morgan fingerprint density at radius 2 is 1.95 bits per heavy atom. The molecule has 0 saturated heterocycles. The van der Waals surface area contributed by atoms with Crippen LogP contribution in [0.3, 0.4) is 0 Å². The maximum absolute atomic E-state index is 12.5. The summed E-state index contributed by atoms with van der Waals surface area (Å²) < 4.78 is 37.4. The Bertz CT molecular complexity index is 463. The van der Waals surface area contributed by atoms with Crippen LogP contribution in [0.15, 0.2) is 24.3 Å². The minimum Gasteiger partial charge on any atom is -0.378 e. The van der Waals surface area contributed by atoms with Crippen molar-refractivity contribution >= 4 is 23.2 Å². The van der Waals surface area contributed by atoms with Crippen LogP contribution >= 0.6 is 11.6 Å². The number of alkyl halides is 4. The van der Waals surface area contributed by atoms with E-state index < -0.39 is 18.6 Å². The van der Waals surface area contributed by atoms with E-state index in [0.29, 0.717) is 4.90 Å². The lowest BCUT2D eigenvalue weighted by Crippen LogP contribution is -2.40. The summed E-state index contributed by atoms with van der Waals surface area (Å²) in [7, 11) is 3.58. The van der Waals surface area contributed by atoms with Crippen molar-refractivity contribution < 1.29 is 18.0 Å². The SMILES string of the molecule is CN(C)c1cccc(C(=O)N(CCCl)CC(F)(F)F)c1. The molecule has 0 atom stereocenters. The molecule has 0 fully saturated rings. The number of carbonyl (C=O) groups is 1. The molecule has 0 aliphatic heterocycles. The first kappa shape index (κ1) is 16.6. The van der Waals surface area contributed by atoms with Crippen LogP contribution in [0, 0.1) is 0 Å². The predicted octanol–water partition coefficient (Wildman–Crippen LogP) is 3.00. The Kier molecular flexibility index (Phi) is 5.68. The van der Waals surface area contributed by atoms with Gasteiger partial charge in [-0.25, -0.2) is 0 Å². The van der Waals surface area contributed by atoms with Crippen LogP contribution in [0.2, 0.25) is 0 Å². The summed E-state index contributed by atoms with van der Waals surface area (Å²) in [4.78, 5) is 14.6. The fraction of sp³-hybridized carbons (Fsp3) is 0.462. The lowest BCUT2D eigenvalue weighted by atomic mass is 10.1. The topological polar surface area (TPSA) is 23.6 Å². The molecule has 1 rings (SSSR count). The van der Waals surface area contributed by atoms with Gasteiger partial charge in [-0.2, -0.15) is 13.2 Å². The zero-order chi connectivity index (χ0) is 15.3. The molecular formula is C13H16ClF3N2O. The first-order valence-electron chi connectivity index (χ1n) is 5.94. The monoisotopic (exact) mass is 308 g/mol. The molecule has 0 radical (unpaired) electrons. The van der Waals surface area contributed by atoms with Crippen LogP contribution < -0.4 is 4.90 Å². The third-order valence-corrected chi connectivity index (χ3v) is 2.79. The van der Waals surface area contributed by atoms with Crippen molar-refractivity contribution in [2.75, 3.05) is 38.0 Å². The maximum Gasteiger partial charge on any atom is 0.406 e. The zero-order valence-corrected chi connectivity index (χ0v) is 12.0. The second-order valence-corrected chi connectivity index (χ2v) is 4.85. The summed E-state index contributed by atoms with van der Waals surface area (Å²) in [6.07, 6.45) is -4.44. The lowest BCUT2D eigenvalue weighted by Gasteiger charge is -2.23. The number of rotatable bonds is 5. The van der Waals surface area contributed by atoms with E-state index in [9.17, 15) is 18.0 Å². The van der Waals surface area contributed by atoms with Gasteiger partial charge in [0, 0.05) is 37.8 Å². The molecule has 0 N–H and O–H groups in total. The van der Waals surface area contributed by atoms with Crippen molar-refractivity contribution in [3.8, 4) is 0 Å². The molecule has 7 heteroatoms. The average Bonchev–Trinajstić information content (AvgIpc) is 2.36. The molecule has 3 nitrogen and oxygen atoms in total. The van der Waals surface area contributed by atoms with Crippen molar-refractivity contribution in [3.63, 3.8) is 0 Å². The zero-order valence-electron chi connectivity index (χ0n) is 11.2. The number of hydrogen-bond acceptors (Lipinski definition) is 2. The Morgan fingerprint density at radius 3 is 2.45 bits per heavy atom. The predicted molar refractivity (Wildman–Crippen MR) is 73.4 cm³/mol. The Balaban J connectivity index is 2.97. The normalized spacial score (nSPS) is 11.3. The Hall–Kier alpha value is -1.43. The van der Waals surface area contributed by atoms with Gasteiger partial charge in [0.2, 0.25) is 0 Å². The minimum atomic E-state index is -4.44. The fourth-order valence-corrected chi connectivity index (χ4v) is 1.87. The Morgan fingerprint density at radius 1 is 1.30 bits per heavy atom. The summed E-state index contributed by atoms with van der Waals surface area (Å²) in [6.45, 7) is -1.45. The molecule has 0 saturated carbocycles. The highest BCUT2D eigenvalue weighted by Crippen LogP contribution is 2.20. The smallest absolute Gasteiger partial charge is 0.378 e. The van der Waals surface area contributed by atoms with Crippen LogP contribution in [0.5, 0.6) is 0 Å². The second kappa shape index (κ2) is 6.83. The highest BCUT2D eigenvalue weighted by molar-refractivity contribution is 6.18. The quantitative estimate of drug-likeness (QED) is 0.781. The summed E-state index contributed by atoms with van der Waals surface area (Å²) in [6, 6.07) is 6.45. The number of nitrogens with zero attached hydrogens (tertiary/aromatic N) is 2. The highest BCUT2D eigenvalue weighted by Gasteiger charge is 2.33. The van der Waals surface area contributed by atoms with Crippen LogP contribution in [0.1, 0.15) is 10.4 Å². The van der Waals surface area contributed by atoms with Gasteiger partial charge in [-0.05, 0) is 18.2 Å². The molecule has 112 valence electrons. The summed E-state index contributed by atoms with van der Waals surface area (Å²) in [5, 5.41) is 0. The van der Waals surface area contributed by atoms with Crippen molar-refractivity contribution in [2.45, 2.75) is 6.18 Å². The standard InChI is InChI=1S/C13H16ClF3N2O/c1-18(2)11-5-3-4-10(8-11)12(20)19(7-6-14)9-13(15,16)17/h3-5,8H,6-7,9H2,1-2H3. The van der Waals surface area contributed by atoms with E-state index in [1.807, 2.05) is 0 Å². The van der Waals surface area contributed by atoms with Gasteiger partial charge in [0.25, 0.3) is 5.91 Å². The van der Waals surface area contributed by atoms with E-state index in [2.05, 4.69) is 0 Å². The number of halogens is 4. The number of amides is 1. The van der Waals surface area contributed by atoms with E-state index in [4.69, 9.17) is 11.6 Å². The van der Waals surface area contributed by atoms with Crippen LogP contribution in [-0.2, 0) is 0 Å². The van der Waals surface area contributed by atoms with Gasteiger partial charge < -0.3 is 9.80 Å². The maximum atomic E-state index is 12.5. The van der Waals surface area contributed by atoms with Crippen molar-refractivity contribution in [1.29, 1.82) is 0 Å². The van der Waals surface area contributed by atoms with Gasteiger partial charge in [-0.15, -0.1) is 11.6 Å². The third kappa shape index (κ3) is 4.92. The van der Waals surface area contributed by atoms with E-state index in [1.165, 1.54) is 6.07 Å². The molecule has 0 aliphatic carbocycles. The first-order valence-corrected chi connectivity index (χ1v) is 6.47. The molecule has 20 heavy (non-hydrogen) atoms. The van der Waals surface area contributed by atoms with Crippen LogP contribution in [0.4, 0.5) is 18.9 Å². The molecule has 0 spiro atoms. The number of carbonyl (C=O) groups excluding carboxylic acids is 1. The van der Waals surface area contributed by atoms with E-state index in [0.717, 1.165) is 5.69 Å². The van der Waals surface area contributed by atoms with E-state index in [1.54, 1.807) is 37.2 Å². The lowest BCUT2D eigenvalue weighted by molar-refractivity contribution is -0.140. The van der Waals surface area contributed by atoms with Gasteiger partial charge in [0.15, 0.2) is 0 Å². The number of hydrogen-bond donors (Lipinski definition) is 0. The van der Waals surface area contributed by atoms with Gasteiger partial charge in [-0.3, -0.25) is 4.79 Å². The van der Waals surface area contributed by atoms with Crippen molar-refractivity contribution in [2.24, 2.45) is 0 Å². The molecule has 1 aromatic carbocycles. The van der Waals surface area contributed by atoms with Crippen LogP contribution in [-0.4, -0.2) is 50.0 Å². The molecule has 1 amide bonds. The molecule has 0 heterocycles. The first-order chi connectivity index (χ1) is 9.24. The molecule has 1 aromatic rings.